The molecule has 0 spiro atoms. The van der Waals surface area contributed by atoms with Gasteiger partial charge in [-0.25, -0.2) is 0 Å². The van der Waals surface area contributed by atoms with Crippen LogP contribution < -0.4 is 5.32 Å². The van der Waals surface area contributed by atoms with Crippen LogP contribution in [0.4, 0.5) is 0 Å². The van der Waals surface area contributed by atoms with Gasteiger partial charge in [0.15, 0.2) is 0 Å². The molecule has 0 aliphatic carbocycles. The Morgan fingerprint density at radius 1 is 1.15 bits per heavy atom. The van der Waals surface area contributed by atoms with Gasteiger partial charge < -0.3 is 5.32 Å². The van der Waals surface area contributed by atoms with Gasteiger partial charge in [0.25, 0.3) is 0 Å². The third-order valence-electron chi connectivity index (χ3n) is 3.23. The molecule has 0 bridgehead atoms. The van der Waals surface area contributed by atoms with Crippen LogP contribution in [-0.2, 0) is 0 Å². The van der Waals surface area contributed by atoms with E-state index in [1.165, 1.54) is 16.0 Å². The monoisotopic (exact) mass is 305 g/mol. The summed E-state index contributed by atoms with van der Waals surface area (Å²) in [5.74, 6) is 0. The first kappa shape index (κ1) is 15.4. The molecule has 0 radical (unpaired) electrons. The molecule has 0 saturated heterocycles. The van der Waals surface area contributed by atoms with Gasteiger partial charge in [-0.2, -0.15) is 0 Å². The Morgan fingerprint density at radius 2 is 1.95 bits per heavy atom. The molecular formula is C17H20ClNS. The Hall–Kier alpha value is -0.960. The zero-order valence-electron chi connectivity index (χ0n) is 11.9. The van der Waals surface area contributed by atoms with E-state index in [4.69, 9.17) is 11.6 Å². The molecule has 1 unspecified atom stereocenters. The van der Waals surface area contributed by atoms with Gasteiger partial charge >= 0.3 is 0 Å². The molecule has 0 aliphatic rings. The molecule has 20 heavy (non-hydrogen) atoms. The Balaban J connectivity index is 2.41. The van der Waals surface area contributed by atoms with Crippen molar-refractivity contribution in [2.45, 2.75) is 24.3 Å². The predicted molar refractivity (Wildman–Crippen MR) is 89.8 cm³/mol. The predicted octanol–water partition coefficient (Wildman–Crippen LogP) is 5.15. The van der Waals surface area contributed by atoms with Gasteiger partial charge in [0.2, 0.25) is 0 Å². The van der Waals surface area contributed by atoms with Crippen LogP contribution in [-0.4, -0.2) is 12.8 Å². The molecular weight excluding hydrogens is 286 g/mol. The number of thioether (sulfide) groups is 1. The van der Waals surface area contributed by atoms with Gasteiger partial charge in [0, 0.05) is 9.92 Å². The second kappa shape index (κ2) is 7.72. The van der Waals surface area contributed by atoms with Gasteiger partial charge in [-0.05, 0) is 48.5 Å². The summed E-state index contributed by atoms with van der Waals surface area (Å²) in [6.45, 7) is 3.17. The molecule has 1 nitrogen and oxygen atoms in total. The van der Waals surface area contributed by atoms with Crippen molar-refractivity contribution in [2.75, 3.05) is 12.8 Å². The van der Waals surface area contributed by atoms with Crippen LogP contribution in [0.15, 0.2) is 53.4 Å². The molecule has 0 aliphatic heterocycles. The molecule has 2 rings (SSSR count). The number of rotatable bonds is 6. The lowest BCUT2D eigenvalue weighted by Crippen LogP contribution is -2.23. The van der Waals surface area contributed by atoms with Crippen molar-refractivity contribution in [1.82, 2.24) is 5.32 Å². The lowest BCUT2D eigenvalue weighted by molar-refractivity contribution is 0.592. The molecule has 106 valence electrons. The molecule has 0 amide bonds. The van der Waals surface area contributed by atoms with Crippen molar-refractivity contribution in [1.29, 1.82) is 0 Å². The largest absolute Gasteiger partial charge is 0.306 e. The molecule has 0 saturated carbocycles. The van der Waals surface area contributed by atoms with E-state index in [1.54, 1.807) is 11.8 Å². The summed E-state index contributed by atoms with van der Waals surface area (Å²) in [7, 11) is 0. The highest BCUT2D eigenvalue weighted by atomic mass is 35.5. The van der Waals surface area contributed by atoms with E-state index in [9.17, 15) is 0 Å². The van der Waals surface area contributed by atoms with Crippen molar-refractivity contribution < 1.29 is 0 Å². The van der Waals surface area contributed by atoms with Gasteiger partial charge in [-0.1, -0.05) is 48.9 Å². The van der Waals surface area contributed by atoms with E-state index in [2.05, 4.69) is 48.8 Å². The average molecular weight is 306 g/mol. The zero-order valence-corrected chi connectivity index (χ0v) is 13.5. The lowest BCUT2D eigenvalue weighted by Gasteiger charge is -2.22. The fraction of sp³-hybridized carbons (Fsp3) is 0.294. The van der Waals surface area contributed by atoms with E-state index in [0.29, 0.717) is 0 Å². The lowest BCUT2D eigenvalue weighted by atomic mass is 9.98. The highest BCUT2D eigenvalue weighted by molar-refractivity contribution is 7.98. The van der Waals surface area contributed by atoms with E-state index in [1.807, 2.05) is 18.2 Å². The van der Waals surface area contributed by atoms with Crippen LogP contribution >= 0.6 is 23.4 Å². The first-order valence-corrected chi connectivity index (χ1v) is 8.48. The molecule has 3 heteroatoms. The minimum atomic E-state index is 0.192. The van der Waals surface area contributed by atoms with E-state index in [-0.39, 0.29) is 6.04 Å². The quantitative estimate of drug-likeness (QED) is 0.741. The summed E-state index contributed by atoms with van der Waals surface area (Å²) in [4.78, 5) is 1.31. The minimum Gasteiger partial charge on any atom is -0.306 e. The van der Waals surface area contributed by atoms with Crippen molar-refractivity contribution in [3.63, 3.8) is 0 Å². The molecule has 0 heterocycles. The number of hydrogen-bond donors (Lipinski definition) is 1. The highest BCUT2D eigenvalue weighted by Gasteiger charge is 2.16. The summed E-state index contributed by atoms with van der Waals surface area (Å²) in [5, 5.41) is 4.42. The zero-order chi connectivity index (χ0) is 14.4. The normalized spacial score (nSPS) is 12.3. The number of halogens is 1. The van der Waals surface area contributed by atoms with Gasteiger partial charge in [-0.3, -0.25) is 0 Å². The Labute approximate surface area is 130 Å². The molecule has 1 N–H and O–H groups in total. The summed E-state index contributed by atoms with van der Waals surface area (Å²) in [5.41, 5.74) is 2.53. The van der Waals surface area contributed by atoms with Crippen LogP contribution in [0.3, 0.4) is 0 Å². The standard InChI is InChI=1S/C17H20ClNS/c1-3-11-19-17(13-7-6-8-14(18)12-13)15-9-4-5-10-16(15)20-2/h4-10,12,17,19H,3,11H2,1-2H3. The second-order valence-electron chi connectivity index (χ2n) is 4.68. The topological polar surface area (TPSA) is 12.0 Å². The Bertz CT molecular complexity index is 556. The average Bonchev–Trinajstić information content (AvgIpc) is 2.48. The fourth-order valence-electron chi connectivity index (χ4n) is 2.29. The van der Waals surface area contributed by atoms with Crippen LogP contribution in [0, 0.1) is 0 Å². The highest BCUT2D eigenvalue weighted by Crippen LogP contribution is 2.31. The molecule has 0 fully saturated rings. The van der Waals surface area contributed by atoms with Gasteiger partial charge in [0.05, 0.1) is 6.04 Å². The summed E-state index contributed by atoms with van der Waals surface area (Å²) in [6, 6.07) is 16.9. The first-order chi connectivity index (χ1) is 9.76. The van der Waals surface area contributed by atoms with Crippen molar-refractivity contribution in [2.24, 2.45) is 0 Å². The molecule has 1 atom stereocenters. The van der Waals surface area contributed by atoms with Gasteiger partial charge in [0.1, 0.15) is 0 Å². The Kier molecular flexibility index (Phi) is 5.96. The van der Waals surface area contributed by atoms with Crippen LogP contribution in [0.1, 0.15) is 30.5 Å². The van der Waals surface area contributed by atoms with Gasteiger partial charge in [-0.15, -0.1) is 11.8 Å². The van der Waals surface area contributed by atoms with E-state index < -0.39 is 0 Å². The molecule has 2 aromatic carbocycles. The fourth-order valence-corrected chi connectivity index (χ4v) is 3.12. The molecule has 0 aromatic heterocycles. The second-order valence-corrected chi connectivity index (χ2v) is 5.97. The van der Waals surface area contributed by atoms with E-state index in [0.717, 1.165) is 18.0 Å². The van der Waals surface area contributed by atoms with Crippen molar-refractivity contribution in [3.8, 4) is 0 Å². The summed E-state index contributed by atoms with van der Waals surface area (Å²) >= 11 is 7.93. The van der Waals surface area contributed by atoms with Crippen molar-refractivity contribution in [3.05, 3.63) is 64.7 Å². The number of benzene rings is 2. The maximum atomic E-state index is 6.15. The van der Waals surface area contributed by atoms with Crippen LogP contribution in [0.25, 0.3) is 0 Å². The third-order valence-corrected chi connectivity index (χ3v) is 4.28. The number of hydrogen-bond acceptors (Lipinski definition) is 2. The minimum absolute atomic E-state index is 0.192. The Morgan fingerprint density at radius 3 is 2.65 bits per heavy atom. The maximum Gasteiger partial charge on any atom is 0.0588 e. The summed E-state index contributed by atoms with van der Waals surface area (Å²) < 4.78 is 0. The summed E-state index contributed by atoms with van der Waals surface area (Å²) in [6.07, 6.45) is 3.23. The van der Waals surface area contributed by atoms with Crippen LogP contribution in [0.2, 0.25) is 5.02 Å². The maximum absolute atomic E-state index is 6.15. The smallest absolute Gasteiger partial charge is 0.0588 e. The van der Waals surface area contributed by atoms with E-state index >= 15 is 0 Å². The molecule has 2 aromatic rings. The first-order valence-electron chi connectivity index (χ1n) is 6.88. The van der Waals surface area contributed by atoms with Crippen LogP contribution in [0.5, 0.6) is 0 Å². The van der Waals surface area contributed by atoms with Crippen molar-refractivity contribution >= 4 is 23.4 Å². The third kappa shape index (κ3) is 3.78. The SMILES string of the molecule is CCCNC(c1cccc(Cl)c1)c1ccccc1SC. The number of nitrogens with one attached hydrogen (secondary N) is 1.